The Balaban J connectivity index is 1.71. The van der Waals surface area contributed by atoms with Gasteiger partial charge < -0.3 is 10.3 Å². The number of anilines is 1. The second-order valence-electron chi connectivity index (χ2n) is 4.98. The molecular formula is C15H16N6O. The van der Waals surface area contributed by atoms with Crippen molar-refractivity contribution >= 4 is 5.69 Å². The molecule has 3 aromatic rings. The highest BCUT2D eigenvalue weighted by Gasteiger charge is 2.07. The van der Waals surface area contributed by atoms with Crippen molar-refractivity contribution in [3.8, 4) is 0 Å². The Morgan fingerprint density at radius 3 is 2.68 bits per heavy atom. The highest BCUT2D eigenvalue weighted by atomic mass is 16.1. The van der Waals surface area contributed by atoms with Crippen LogP contribution in [0.15, 0.2) is 53.5 Å². The average Bonchev–Trinajstić information content (AvgIpc) is 2.96. The maximum Gasteiger partial charge on any atom is 0.250 e. The summed E-state index contributed by atoms with van der Waals surface area (Å²) in [5.74, 6) is 0.743. The van der Waals surface area contributed by atoms with Gasteiger partial charge in [-0.25, -0.2) is 4.68 Å². The molecule has 22 heavy (non-hydrogen) atoms. The quantitative estimate of drug-likeness (QED) is 0.700. The van der Waals surface area contributed by atoms with Gasteiger partial charge in [-0.05, 0) is 34.2 Å². The van der Waals surface area contributed by atoms with Crippen LogP contribution in [0, 0.1) is 0 Å². The number of tetrazole rings is 1. The first kappa shape index (κ1) is 14.0. The van der Waals surface area contributed by atoms with Crippen LogP contribution in [-0.4, -0.2) is 24.8 Å². The van der Waals surface area contributed by atoms with Crippen molar-refractivity contribution in [1.29, 1.82) is 0 Å². The fourth-order valence-electron chi connectivity index (χ4n) is 2.19. The summed E-state index contributed by atoms with van der Waals surface area (Å²) in [6, 6.07) is 12.7. The molecule has 2 aromatic heterocycles. The van der Waals surface area contributed by atoms with Crippen molar-refractivity contribution in [3.63, 3.8) is 0 Å². The zero-order chi connectivity index (χ0) is 15.4. The first-order chi connectivity index (χ1) is 10.7. The number of nitrogens with zero attached hydrogens (tertiary/aromatic N) is 5. The zero-order valence-electron chi connectivity index (χ0n) is 12.0. The Kier molecular flexibility index (Phi) is 3.95. The molecule has 0 saturated carbocycles. The zero-order valence-corrected chi connectivity index (χ0v) is 12.0. The molecule has 112 valence electrons. The summed E-state index contributed by atoms with van der Waals surface area (Å²) in [4.78, 5) is 11.7. The second-order valence-corrected chi connectivity index (χ2v) is 4.98. The summed E-state index contributed by atoms with van der Waals surface area (Å²) in [5.41, 5.74) is 7.44. The lowest BCUT2D eigenvalue weighted by atomic mass is 10.2. The summed E-state index contributed by atoms with van der Waals surface area (Å²) in [7, 11) is 0. The van der Waals surface area contributed by atoms with Gasteiger partial charge in [-0.1, -0.05) is 18.2 Å². The monoisotopic (exact) mass is 296 g/mol. The van der Waals surface area contributed by atoms with Gasteiger partial charge in [-0.3, -0.25) is 4.79 Å². The van der Waals surface area contributed by atoms with E-state index in [0.717, 1.165) is 17.1 Å². The lowest BCUT2D eigenvalue weighted by Gasteiger charge is -2.06. The molecule has 7 heteroatoms. The third kappa shape index (κ3) is 3.20. The van der Waals surface area contributed by atoms with Crippen LogP contribution in [0.25, 0.3) is 0 Å². The van der Waals surface area contributed by atoms with Gasteiger partial charge in [0.05, 0.1) is 6.54 Å². The number of aromatic nitrogens is 5. The van der Waals surface area contributed by atoms with E-state index in [0.29, 0.717) is 19.5 Å². The van der Waals surface area contributed by atoms with Crippen molar-refractivity contribution < 1.29 is 0 Å². The molecule has 0 saturated heterocycles. The molecule has 2 heterocycles. The molecule has 0 bridgehead atoms. The van der Waals surface area contributed by atoms with Gasteiger partial charge in [-0.15, -0.1) is 5.10 Å². The Hall–Kier alpha value is -2.96. The number of nitrogen functional groups attached to an aromatic ring is 1. The van der Waals surface area contributed by atoms with Gasteiger partial charge >= 0.3 is 0 Å². The Morgan fingerprint density at radius 1 is 1.09 bits per heavy atom. The first-order valence-electron chi connectivity index (χ1n) is 6.97. The molecule has 0 radical (unpaired) electrons. The third-order valence-corrected chi connectivity index (χ3v) is 3.39. The lowest BCUT2D eigenvalue weighted by molar-refractivity contribution is 0.581. The molecule has 0 aliphatic rings. The molecular weight excluding hydrogens is 280 g/mol. The van der Waals surface area contributed by atoms with Gasteiger partial charge in [0.2, 0.25) is 0 Å². The molecule has 0 aliphatic heterocycles. The summed E-state index contributed by atoms with van der Waals surface area (Å²) >= 11 is 0. The van der Waals surface area contributed by atoms with Crippen molar-refractivity contribution in [2.75, 3.05) is 5.73 Å². The predicted molar refractivity (Wildman–Crippen MR) is 82.2 cm³/mol. The second kappa shape index (κ2) is 6.21. The highest BCUT2D eigenvalue weighted by Crippen LogP contribution is 2.08. The molecule has 0 fully saturated rings. The van der Waals surface area contributed by atoms with Gasteiger partial charge in [0, 0.05) is 30.9 Å². The molecule has 0 atom stereocenters. The van der Waals surface area contributed by atoms with E-state index in [4.69, 9.17) is 5.73 Å². The molecule has 0 spiro atoms. The van der Waals surface area contributed by atoms with E-state index >= 15 is 0 Å². The fourth-order valence-corrected chi connectivity index (χ4v) is 2.19. The van der Waals surface area contributed by atoms with E-state index < -0.39 is 0 Å². The molecule has 7 nitrogen and oxygen atoms in total. The van der Waals surface area contributed by atoms with Crippen molar-refractivity contribution in [2.24, 2.45) is 0 Å². The molecule has 0 unspecified atom stereocenters. The van der Waals surface area contributed by atoms with Crippen molar-refractivity contribution in [2.45, 2.75) is 19.5 Å². The smallest absolute Gasteiger partial charge is 0.250 e. The Morgan fingerprint density at radius 2 is 1.91 bits per heavy atom. The van der Waals surface area contributed by atoms with Crippen LogP contribution in [0.1, 0.15) is 11.4 Å². The van der Waals surface area contributed by atoms with Crippen LogP contribution in [0.2, 0.25) is 0 Å². The van der Waals surface area contributed by atoms with Crippen molar-refractivity contribution in [1.82, 2.24) is 24.8 Å². The van der Waals surface area contributed by atoms with E-state index in [1.54, 1.807) is 21.5 Å². The van der Waals surface area contributed by atoms with Crippen LogP contribution >= 0.6 is 0 Å². The number of nitrogens with two attached hydrogens (primary N) is 1. The minimum Gasteiger partial charge on any atom is -0.399 e. The summed E-state index contributed by atoms with van der Waals surface area (Å²) < 4.78 is 3.38. The number of benzene rings is 1. The van der Waals surface area contributed by atoms with Crippen LogP contribution in [0.4, 0.5) is 5.69 Å². The lowest BCUT2D eigenvalue weighted by Crippen LogP contribution is -2.20. The van der Waals surface area contributed by atoms with Gasteiger partial charge in [0.15, 0.2) is 5.82 Å². The Bertz CT molecular complexity index is 805. The topological polar surface area (TPSA) is 91.6 Å². The maximum atomic E-state index is 11.7. The molecule has 3 rings (SSSR count). The standard InChI is InChI=1S/C15H16N6O/c16-13-6-4-12(5-7-13)11-21-14(17-18-19-21)8-10-20-9-2-1-3-15(20)22/h1-7,9H,8,10-11,16H2. The van der Waals surface area contributed by atoms with E-state index in [1.165, 1.54) is 6.07 Å². The molecule has 0 amide bonds. The van der Waals surface area contributed by atoms with E-state index in [2.05, 4.69) is 15.5 Å². The van der Waals surface area contributed by atoms with Gasteiger partial charge in [0.25, 0.3) is 5.56 Å². The maximum absolute atomic E-state index is 11.7. The van der Waals surface area contributed by atoms with Crippen LogP contribution in [0.3, 0.4) is 0 Å². The number of aryl methyl sites for hydroxylation is 2. The molecule has 1 aromatic carbocycles. The predicted octanol–water partition coefficient (Wildman–Crippen LogP) is 0.708. The first-order valence-corrected chi connectivity index (χ1v) is 6.97. The SMILES string of the molecule is Nc1ccc(Cn2nnnc2CCn2ccccc2=O)cc1. The van der Waals surface area contributed by atoms with Crippen LogP contribution in [0.5, 0.6) is 0 Å². The van der Waals surface area contributed by atoms with Gasteiger partial charge in [0.1, 0.15) is 0 Å². The summed E-state index contributed by atoms with van der Waals surface area (Å²) in [6.45, 7) is 1.12. The van der Waals surface area contributed by atoms with Gasteiger partial charge in [-0.2, -0.15) is 0 Å². The largest absolute Gasteiger partial charge is 0.399 e. The van der Waals surface area contributed by atoms with E-state index in [9.17, 15) is 4.79 Å². The van der Waals surface area contributed by atoms with E-state index in [1.807, 2.05) is 30.3 Å². The summed E-state index contributed by atoms with van der Waals surface area (Å²) in [5, 5.41) is 11.8. The normalized spacial score (nSPS) is 10.7. The van der Waals surface area contributed by atoms with Crippen molar-refractivity contribution in [3.05, 3.63) is 70.4 Å². The minimum atomic E-state index is -0.0277. The van der Waals surface area contributed by atoms with Crippen LogP contribution < -0.4 is 11.3 Å². The Labute approximate surface area is 127 Å². The average molecular weight is 296 g/mol. The highest BCUT2D eigenvalue weighted by molar-refractivity contribution is 5.39. The third-order valence-electron chi connectivity index (χ3n) is 3.39. The number of pyridine rings is 1. The van der Waals surface area contributed by atoms with E-state index in [-0.39, 0.29) is 5.56 Å². The number of hydrogen-bond donors (Lipinski definition) is 1. The molecule has 0 aliphatic carbocycles. The number of rotatable bonds is 5. The number of hydrogen-bond acceptors (Lipinski definition) is 5. The fraction of sp³-hybridized carbons (Fsp3) is 0.200. The summed E-state index contributed by atoms with van der Waals surface area (Å²) in [6.07, 6.45) is 2.35. The van der Waals surface area contributed by atoms with Crippen LogP contribution in [-0.2, 0) is 19.5 Å². The molecule has 2 N–H and O–H groups in total. The minimum absolute atomic E-state index is 0.0277.